The van der Waals surface area contributed by atoms with Crippen LogP contribution < -0.4 is 5.73 Å². The molecule has 0 aliphatic carbocycles. The third kappa shape index (κ3) is 52.7. The van der Waals surface area contributed by atoms with Gasteiger partial charge in [0, 0.05) is 46.1 Å². The summed E-state index contributed by atoms with van der Waals surface area (Å²) < 4.78 is 55.2. The summed E-state index contributed by atoms with van der Waals surface area (Å²) in [5, 5.41) is -0.239. The maximum atomic E-state index is 12.1. The lowest BCUT2D eigenvalue weighted by molar-refractivity contribution is -0.137. The van der Waals surface area contributed by atoms with Gasteiger partial charge in [0.15, 0.2) is 0 Å². The van der Waals surface area contributed by atoms with Crippen LogP contribution in [0.1, 0.15) is 335 Å². The second kappa shape index (κ2) is 61.3. The van der Waals surface area contributed by atoms with Crippen molar-refractivity contribution in [2.45, 2.75) is 365 Å². The molecule has 18 nitrogen and oxygen atoms in total. The topological polar surface area (TPSA) is 237 Å². The third-order valence-electron chi connectivity index (χ3n) is 18.7. The molecule has 0 radical (unpaired) electrons. The zero-order valence-electron chi connectivity index (χ0n) is 62.1. The van der Waals surface area contributed by atoms with Gasteiger partial charge in [-0.25, -0.2) is 0 Å². The van der Waals surface area contributed by atoms with Crippen molar-refractivity contribution < 1.29 is 74.8 Å². The molecule has 6 N–H and O–H groups in total. The summed E-state index contributed by atoms with van der Waals surface area (Å²) in [6.07, 6.45) is 76.8. The molecule has 3 heterocycles. The Balaban J connectivity index is 0.000000807. The monoisotopic (exact) mass is 1480 g/mol. The molecule has 97 heavy (non-hydrogen) atoms. The van der Waals surface area contributed by atoms with E-state index in [-0.39, 0.29) is 30.3 Å². The summed E-state index contributed by atoms with van der Waals surface area (Å²) in [4.78, 5) is 66.5. The number of ether oxygens (including phenoxy) is 2. The van der Waals surface area contributed by atoms with Gasteiger partial charge >= 0.3 is 0 Å². The van der Waals surface area contributed by atoms with Gasteiger partial charge in [0.05, 0.1) is 50.5 Å². The fraction of sp³-hybridized carbons (Fsp3) is 0.919. The van der Waals surface area contributed by atoms with Crippen molar-refractivity contribution in [1.29, 1.82) is 0 Å². The van der Waals surface area contributed by atoms with Crippen molar-refractivity contribution in [1.82, 2.24) is 4.90 Å². The van der Waals surface area contributed by atoms with E-state index in [4.69, 9.17) is 51.4 Å². The lowest BCUT2D eigenvalue weighted by atomic mass is 10.0. The number of carbonyl (C=O) groups is 2. The largest absolute Gasteiger partial charge is 0.373 e. The van der Waals surface area contributed by atoms with Gasteiger partial charge in [-0.2, -0.15) is 0 Å². The third-order valence-corrected chi connectivity index (χ3v) is 24.6. The molecule has 9 atom stereocenters. The highest BCUT2D eigenvalue weighted by atomic mass is 32.2. The molecular weight excluding hydrogens is 1330 g/mol. The molecule has 0 saturated carbocycles. The zero-order chi connectivity index (χ0) is 70.8. The van der Waals surface area contributed by atoms with E-state index in [2.05, 4.69) is 32.1 Å². The summed E-state index contributed by atoms with van der Waals surface area (Å²) in [6.45, 7) is 7.42. The smallest absolute Gasteiger partial charge is 0.248 e. The Bertz CT molecular complexity index is 2090. The van der Waals surface area contributed by atoms with Crippen molar-refractivity contribution in [3.05, 3.63) is 0 Å². The number of imide groups is 1. The SMILES string of the molecule is C=P(O)(OCCCCCCCCCCCCCCCCCCCCCCCCCCCCCCCCCCCCCCCCC)OCC1OCCC1OP(=C)(O)OCCCCCCN.C=P(O)(OCCCCCCSC1CC(=O)N(CC)C1=O)OCC1OCCC1OP(=C)(O)OC. The van der Waals surface area contributed by atoms with Gasteiger partial charge in [-0.05, 0) is 76.5 Å². The number of thioether (sulfide) groups is 1. The lowest BCUT2D eigenvalue weighted by Crippen LogP contribution is -2.30. The van der Waals surface area contributed by atoms with E-state index in [1.807, 2.05) is 6.92 Å². The van der Waals surface area contributed by atoms with Crippen LogP contribution in [0.15, 0.2) is 0 Å². The number of carbonyl (C=O) groups excluding carboxylic acids is 2. The molecule has 3 aliphatic rings. The van der Waals surface area contributed by atoms with Crippen molar-refractivity contribution in [2.75, 3.05) is 72.2 Å². The van der Waals surface area contributed by atoms with Crippen LogP contribution in [0.25, 0.3) is 0 Å². The van der Waals surface area contributed by atoms with Crippen LogP contribution in [0.5, 0.6) is 0 Å². The Morgan fingerprint density at radius 3 is 1.04 bits per heavy atom. The molecule has 0 aromatic carbocycles. The number of unbranched alkanes of at least 4 members (excludes halogenated alkanes) is 44. The van der Waals surface area contributed by atoms with Crippen LogP contribution in [0, 0.1) is 0 Å². The molecule has 0 bridgehead atoms. The summed E-state index contributed by atoms with van der Waals surface area (Å²) >= 11 is 1.55. The molecule has 3 rings (SSSR count). The molecule has 3 saturated heterocycles. The maximum absolute atomic E-state index is 12.1. The number of rotatable bonds is 69. The number of nitrogens with zero attached hydrogens (tertiary/aromatic N) is 1. The molecule has 9 unspecified atom stereocenters. The highest BCUT2D eigenvalue weighted by molar-refractivity contribution is 8.00. The fourth-order valence-electron chi connectivity index (χ4n) is 12.6. The van der Waals surface area contributed by atoms with Crippen molar-refractivity contribution >= 4 is 79.0 Å². The van der Waals surface area contributed by atoms with Gasteiger partial charge in [-0.3, -0.25) is 14.5 Å². The average molecular weight is 1480 g/mol. The Hall–Kier alpha value is 0.0900. The second-order valence-electron chi connectivity index (χ2n) is 27.6. The first-order valence-corrected chi connectivity index (χ1v) is 47.4. The van der Waals surface area contributed by atoms with E-state index < -0.39 is 54.7 Å². The zero-order valence-corrected chi connectivity index (χ0v) is 66.4. The number of amides is 2. The van der Waals surface area contributed by atoms with Crippen LogP contribution in [0.3, 0.4) is 0 Å². The standard InChI is InChI=1S/C54H111NO7P2.C20H37NO9P2S/c1-4-5-6-7-8-9-10-11-12-13-14-15-16-17-18-19-20-21-22-23-24-25-26-27-28-29-30-31-32-33-34-35-36-37-38-39-40-42-45-49-59-63(2,56)61-52-54-53(47-51-58-54)62-64(3,57)60-50-46-43-41-44-48-55;1-5-21-19(22)14-18(20(21)23)33-13-9-7-6-8-11-28-32(4,25)29-15-17-16(10-12-27-17)30-31(3,24)26-2/h53-54,56-57H,2-52,55H2,1H3;16-18,24-25H,3-15H2,1-2H3. The Morgan fingerprint density at radius 2 is 0.732 bits per heavy atom. The van der Waals surface area contributed by atoms with Crippen LogP contribution in [-0.2, 0) is 55.3 Å². The van der Waals surface area contributed by atoms with Crippen molar-refractivity contribution in [3.63, 3.8) is 0 Å². The minimum atomic E-state index is -3.24. The van der Waals surface area contributed by atoms with E-state index in [1.54, 1.807) is 11.8 Å². The minimum absolute atomic E-state index is 0.0250. The molecule has 3 aliphatic heterocycles. The first-order valence-electron chi connectivity index (χ1n) is 39.3. The number of hydrogen-bond donors (Lipinski definition) is 5. The van der Waals surface area contributed by atoms with E-state index in [0.29, 0.717) is 65.4 Å². The van der Waals surface area contributed by atoms with Crippen molar-refractivity contribution in [3.8, 4) is 0 Å². The average Bonchev–Trinajstić information content (AvgIpc) is 1.75. The van der Waals surface area contributed by atoms with E-state index in [0.717, 1.165) is 70.0 Å². The fourth-order valence-corrected chi connectivity index (χ4v) is 17.4. The molecule has 0 spiro atoms. The van der Waals surface area contributed by atoms with Gasteiger partial charge in [0.25, 0.3) is 0 Å². The number of hydrogen-bond acceptors (Lipinski definition) is 18. The molecule has 2 amide bonds. The van der Waals surface area contributed by atoms with E-state index in [1.165, 1.54) is 250 Å². The quantitative estimate of drug-likeness (QED) is 0.0216. The predicted molar refractivity (Wildman–Crippen MR) is 415 cm³/mol. The van der Waals surface area contributed by atoms with Crippen LogP contribution in [0.2, 0.25) is 0 Å². The highest BCUT2D eigenvalue weighted by Gasteiger charge is 2.38. The summed E-state index contributed by atoms with van der Waals surface area (Å²) in [7, 11) is -11.5. The first-order chi connectivity index (χ1) is 46.9. The van der Waals surface area contributed by atoms with Crippen LogP contribution in [0.4, 0.5) is 0 Å². The number of likely N-dealkylation sites (tertiary alicyclic amines) is 1. The molecular formula is C74H148N2O16P4S. The van der Waals surface area contributed by atoms with Gasteiger partial charge < -0.3 is 71.0 Å². The van der Waals surface area contributed by atoms with Gasteiger partial charge in [-0.15, -0.1) is 11.8 Å². The summed E-state index contributed by atoms with van der Waals surface area (Å²) in [6, 6.07) is 0. The molecule has 0 aromatic rings. The van der Waals surface area contributed by atoms with Crippen LogP contribution in [-0.4, -0.2) is 163 Å². The highest BCUT2D eigenvalue weighted by Crippen LogP contribution is 2.49. The first kappa shape index (κ1) is 93.2. The Morgan fingerprint density at radius 1 is 0.433 bits per heavy atom. The minimum Gasteiger partial charge on any atom is -0.373 e. The Kier molecular flexibility index (Phi) is 58.8. The van der Waals surface area contributed by atoms with E-state index >= 15 is 0 Å². The second-order valence-corrected chi connectivity index (χ2v) is 36.1. The lowest BCUT2D eigenvalue weighted by Gasteiger charge is -2.26. The maximum Gasteiger partial charge on any atom is 0.248 e. The molecule has 0 aromatic heterocycles. The summed E-state index contributed by atoms with van der Waals surface area (Å²) in [5.74, 6) is 0.685. The van der Waals surface area contributed by atoms with Crippen molar-refractivity contribution in [2.24, 2.45) is 5.73 Å². The molecule has 3 fully saturated rings. The van der Waals surface area contributed by atoms with Gasteiger partial charge in [0.2, 0.25) is 42.1 Å². The van der Waals surface area contributed by atoms with Crippen LogP contribution >= 0.6 is 42.0 Å². The predicted octanol–water partition coefficient (Wildman–Crippen LogP) is 20.0. The Labute approximate surface area is 598 Å². The summed E-state index contributed by atoms with van der Waals surface area (Å²) in [5.41, 5.74) is 5.53. The van der Waals surface area contributed by atoms with E-state index in [9.17, 15) is 29.2 Å². The normalized spacial score (nSPS) is 20.7. The van der Waals surface area contributed by atoms with Gasteiger partial charge in [-0.1, -0.05) is 277 Å². The molecule has 23 heteroatoms. The molecule has 576 valence electrons. The van der Waals surface area contributed by atoms with Gasteiger partial charge in [0.1, 0.15) is 12.2 Å². The number of nitrogens with two attached hydrogens (primary N) is 1.